The third-order valence-electron chi connectivity index (χ3n) is 4.11. The molecule has 0 radical (unpaired) electrons. The summed E-state index contributed by atoms with van der Waals surface area (Å²) < 4.78 is 4.63. The molecule has 2 amide bonds. The van der Waals surface area contributed by atoms with Gasteiger partial charge in [-0.1, -0.05) is 26.0 Å². The van der Waals surface area contributed by atoms with Crippen LogP contribution in [0.4, 0.5) is 11.4 Å². The first-order valence-electron chi connectivity index (χ1n) is 8.89. The molecule has 0 saturated carbocycles. The van der Waals surface area contributed by atoms with Gasteiger partial charge in [0, 0.05) is 23.0 Å². The molecule has 0 heterocycles. The zero-order valence-electron chi connectivity index (χ0n) is 16.4. The summed E-state index contributed by atoms with van der Waals surface area (Å²) in [6.07, 6.45) is 1.24. The first-order valence-corrected chi connectivity index (χ1v) is 8.89. The van der Waals surface area contributed by atoms with Crippen LogP contribution in [0.3, 0.4) is 0 Å². The monoisotopic (exact) mass is 380 g/mol. The smallest absolute Gasteiger partial charge is 0.337 e. The number of rotatable bonds is 6. The predicted octanol–water partition coefficient (Wildman–Crippen LogP) is 4.12. The third kappa shape index (κ3) is 5.81. The summed E-state index contributed by atoms with van der Waals surface area (Å²) in [7, 11) is 1.30. The highest BCUT2D eigenvalue weighted by molar-refractivity contribution is 6.10. The molecule has 6 heteroatoms. The molecule has 0 aliphatic carbocycles. The number of benzene rings is 2. The maximum atomic E-state index is 12.2. The van der Waals surface area contributed by atoms with Crippen molar-refractivity contribution in [3.8, 4) is 0 Å². The van der Waals surface area contributed by atoms with Gasteiger partial charge >= 0.3 is 5.97 Å². The van der Waals surface area contributed by atoms with Gasteiger partial charge in [0.15, 0.2) is 0 Å². The van der Waals surface area contributed by atoms with Gasteiger partial charge in [-0.3, -0.25) is 9.59 Å². The van der Waals surface area contributed by atoms with Crippen molar-refractivity contribution in [1.82, 2.24) is 0 Å². The largest absolute Gasteiger partial charge is 0.465 e. The molecule has 0 spiro atoms. The van der Waals surface area contributed by atoms with E-state index in [0.717, 1.165) is 0 Å². The first-order chi connectivity index (χ1) is 13.3. The quantitative estimate of drug-likeness (QED) is 0.583. The highest BCUT2D eigenvalue weighted by Gasteiger charge is 2.09. The molecule has 146 valence electrons. The molecule has 0 aliphatic rings. The van der Waals surface area contributed by atoms with Crippen LogP contribution in [-0.4, -0.2) is 24.9 Å². The normalized spacial score (nSPS) is 11.1. The summed E-state index contributed by atoms with van der Waals surface area (Å²) in [5.74, 6) is -0.827. The fourth-order valence-electron chi connectivity index (χ4n) is 2.43. The Bertz CT molecular complexity index is 882. The minimum Gasteiger partial charge on any atom is -0.465 e. The second-order valence-corrected chi connectivity index (χ2v) is 6.62. The van der Waals surface area contributed by atoms with Crippen molar-refractivity contribution in [2.24, 2.45) is 0 Å². The van der Waals surface area contributed by atoms with Crippen molar-refractivity contribution in [1.29, 1.82) is 0 Å². The van der Waals surface area contributed by atoms with Crippen LogP contribution in [0, 0.1) is 0 Å². The summed E-state index contributed by atoms with van der Waals surface area (Å²) >= 11 is 0. The topological polar surface area (TPSA) is 84.5 Å². The zero-order chi connectivity index (χ0) is 20.7. The number of esters is 1. The Morgan fingerprint density at radius 1 is 0.893 bits per heavy atom. The number of amides is 2. The lowest BCUT2D eigenvalue weighted by molar-refractivity contribution is -0.114. The highest BCUT2D eigenvalue weighted by Crippen LogP contribution is 2.17. The van der Waals surface area contributed by atoms with Crippen molar-refractivity contribution < 1.29 is 19.1 Å². The lowest BCUT2D eigenvalue weighted by Crippen LogP contribution is -2.16. The van der Waals surface area contributed by atoms with Gasteiger partial charge in [-0.15, -0.1) is 0 Å². The summed E-state index contributed by atoms with van der Waals surface area (Å²) in [4.78, 5) is 35.8. The number of carbonyl (C=O) groups is 3. The van der Waals surface area contributed by atoms with Crippen LogP contribution in [0.25, 0.3) is 0 Å². The fraction of sp³-hybridized carbons (Fsp3) is 0.227. The number of nitrogens with one attached hydrogen (secondary N) is 2. The van der Waals surface area contributed by atoms with Crippen molar-refractivity contribution >= 4 is 29.2 Å². The standard InChI is InChI=1S/C22H24N2O4/c1-14(2)16-5-9-18(10-6-16)23-20(25)13-15(3)21(26)24-19-11-7-17(8-12-19)22(27)28-4/h5-14H,1-4H3,(H,23,25)(H,24,26)/b15-13+. The Balaban J connectivity index is 1.96. The molecule has 0 saturated heterocycles. The van der Waals surface area contributed by atoms with Crippen LogP contribution in [0.15, 0.2) is 60.2 Å². The van der Waals surface area contributed by atoms with Crippen LogP contribution >= 0.6 is 0 Å². The lowest BCUT2D eigenvalue weighted by Gasteiger charge is -2.08. The Kier molecular flexibility index (Phi) is 7.09. The Hall–Kier alpha value is -3.41. The average molecular weight is 380 g/mol. The molecule has 2 aromatic carbocycles. The number of ether oxygens (including phenoxy) is 1. The van der Waals surface area contributed by atoms with E-state index in [1.54, 1.807) is 31.2 Å². The van der Waals surface area contributed by atoms with Crippen LogP contribution in [-0.2, 0) is 14.3 Å². The Morgan fingerprint density at radius 3 is 1.96 bits per heavy atom. The maximum Gasteiger partial charge on any atom is 0.337 e. The highest BCUT2D eigenvalue weighted by atomic mass is 16.5. The summed E-state index contributed by atoms with van der Waals surface area (Å²) in [5, 5.41) is 5.41. The first kappa shape index (κ1) is 20.9. The van der Waals surface area contributed by atoms with Gasteiger partial charge in [-0.25, -0.2) is 4.79 Å². The van der Waals surface area contributed by atoms with Crippen LogP contribution in [0.1, 0.15) is 42.6 Å². The van der Waals surface area contributed by atoms with E-state index < -0.39 is 11.9 Å². The van der Waals surface area contributed by atoms with E-state index in [1.165, 1.54) is 18.7 Å². The molecule has 6 nitrogen and oxygen atoms in total. The molecular formula is C22H24N2O4. The molecule has 2 rings (SSSR count). The van der Waals surface area contributed by atoms with E-state index in [1.807, 2.05) is 24.3 Å². The molecular weight excluding hydrogens is 356 g/mol. The van der Waals surface area contributed by atoms with Gasteiger partial charge in [0.25, 0.3) is 5.91 Å². The third-order valence-corrected chi connectivity index (χ3v) is 4.11. The number of carbonyl (C=O) groups excluding carboxylic acids is 3. The predicted molar refractivity (Wildman–Crippen MR) is 109 cm³/mol. The van der Waals surface area contributed by atoms with E-state index in [0.29, 0.717) is 22.9 Å². The number of hydrogen-bond donors (Lipinski definition) is 2. The van der Waals surface area contributed by atoms with Crippen LogP contribution < -0.4 is 10.6 Å². The van der Waals surface area contributed by atoms with Crippen LogP contribution in [0.2, 0.25) is 0 Å². The van der Waals surface area contributed by atoms with E-state index in [-0.39, 0.29) is 11.5 Å². The molecule has 0 fully saturated rings. The SMILES string of the molecule is COC(=O)c1ccc(NC(=O)/C(C)=C/C(=O)Nc2ccc(C(C)C)cc2)cc1. The van der Waals surface area contributed by atoms with E-state index in [4.69, 9.17) is 0 Å². The molecule has 0 aromatic heterocycles. The molecule has 0 aliphatic heterocycles. The minimum absolute atomic E-state index is 0.258. The molecule has 0 atom stereocenters. The van der Waals surface area contributed by atoms with E-state index >= 15 is 0 Å². The Morgan fingerprint density at radius 2 is 1.43 bits per heavy atom. The molecule has 2 N–H and O–H groups in total. The second-order valence-electron chi connectivity index (χ2n) is 6.62. The maximum absolute atomic E-state index is 12.2. The minimum atomic E-state index is -0.452. The van der Waals surface area contributed by atoms with E-state index in [2.05, 4.69) is 29.2 Å². The summed E-state index contributed by atoms with van der Waals surface area (Å²) in [6, 6.07) is 13.9. The van der Waals surface area contributed by atoms with E-state index in [9.17, 15) is 14.4 Å². The van der Waals surface area contributed by atoms with Crippen LogP contribution in [0.5, 0.6) is 0 Å². The number of hydrogen-bond acceptors (Lipinski definition) is 4. The van der Waals surface area contributed by atoms with Gasteiger partial charge in [0.05, 0.1) is 12.7 Å². The van der Waals surface area contributed by atoms with Crippen molar-refractivity contribution in [3.05, 3.63) is 71.3 Å². The zero-order valence-corrected chi connectivity index (χ0v) is 16.4. The average Bonchev–Trinajstić information content (AvgIpc) is 2.68. The number of anilines is 2. The van der Waals surface area contributed by atoms with Gasteiger partial charge in [-0.05, 0) is 54.8 Å². The molecule has 0 unspecified atom stereocenters. The van der Waals surface area contributed by atoms with Gasteiger partial charge in [0.2, 0.25) is 5.91 Å². The van der Waals surface area contributed by atoms with Gasteiger partial charge in [0.1, 0.15) is 0 Å². The summed E-state index contributed by atoms with van der Waals surface area (Å²) in [5.41, 5.74) is 3.00. The van der Waals surface area contributed by atoms with Crippen molar-refractivity contribution in [2.75, 3.05) is 17.7 Å². The molecule has 0 bridgehead atoms. The second kappa shape index (κ2) is 9.50. The Labute approximate surface area is 164 Å². The molecule has 28 heavy (non-hydrogen) atoms. The fourth-order valence-corrected chi connectivity index (χ4v) is 2.43. The number of methoxy groups -OCH3 is 1. The summed E-state index contributed by atoms with van der Waals surface area (Å²) in [6.45, 7) is 5.75. The van der Waals surface area contributed by atoms with Gasteiger partial charge < -0.3 is 15.4 Å². The molecule has 2 aromatic rings. The lowest BCUT2D eigenvalue weighted by atomic mass is 10.0. The van der Waals surface area contributed by atoms with Crippen molar-refractivity contribution in [2.45, 2.75) is 26.7 Å². The van der Waals surface area contributed by atoms with Crippen molar-refractivity contribution in [3.63, 3.8) is 0 Å². The van der Waals surface area contributed by atoms with Gasteiger partial charge in [-0.2, -0.15) is 0 Å².